The zero-order valence-electron chi connectivity index (χ0n) is 12.3. The third kappa shape index (κ3) is 2.87. The van der Waals surface area contributed by atoms with Crippen molar-refractivity contribution < 1.29 is 9.21 Å². The van der Waals surface area contributed by atoms with E-state index >= 15 is 0 Å². The Hall–Kier alpha value is -1.66. The molecule has 21 heavy (non-hydrogen) atoms. The fourth-order valence-electron chi connectivity index (χ4n) is 2.65. The first kappa shape index (κ1) is 14.3. The first-order valence-corrected chi connectivity index (χ1v) is 7.98. The zero-order valence-corrected chi connectivity index (χ0v) is 13.1. The number of nitrogens with one attached hydrogen (secondary N) is 1. The number of hydrogen-bond donors (Lipinski definition) is 1. The highest BCUT2D eigenvalue weighted by molar-refractivity contribution is 7.15. The van der Waals surface area contributed by atoms with Crippen LogP contribution in [-0.2, 0) is 0 Å². The van der Waals surface area contributed by atoms with E-state index in [1.54, 1.807) is 6.26 Å². The van der Waals surface area contributed by atoms with Gasteiger partial charge in [-0.1, -0.05) is 0 Å². The van der Waals surface area contributed by atoms with Crippen molar-refractivity contribution in [1.29, 1.82) is 0 Å². The van der Waals surface area contributed by atoms with Crippen molar-refractivity contribution in [2.24, 2.45) is 0 Å². The molecular formula is C15H19N3O2S. The van der Waals surface area contributed by atoms with Crippen LogP contribution in [0.1, 0.15) is 28.2 Å². The summed E-state index contributed by atoms with van der Waals surface area (Å²) in [5, 5.41) is 4.02. The fraction of sp³-hybridized carbons (Fsp3) is 0.467. The summed E-state index contributed by atoms with van der Waals surface area (Å²) in [6.45, 7) is 3.50. The van der Waals surface area contributed by atoms with Crippen LogP contribution in [-0.4, -0.2) is 42.0 Å². The van der Waals surface area contributed by atoms with Crippen LogP contribution in [0.4, 0.5) is 0 Å². The van der Waals surface area contributed by atoms with E-state index in [0.29, 0.717) is 17.5 Å². The molecule has 2 aromatic rings. The topological polar surface area (TPSA) is 58.4 Å². The van der Waals surface area contributed by atoms with Gasteiger partial charge >= 0.3 is 0 Å². The Morgan fingerprint density at radius 3 is 3.14 bits per heavy atom. The summed E-state index contributed by atoms with van der Waals surface area (Å²) in [6, 6.07) is 4.08. The Morgan fingerprint density at radius 1 is 1.57 bits per heavy atom. The van der Waals surface area contributed by atoms with Crippen LogP contribution in [0, 0.1) is 6.92 Å². The molecule has 0 saturated carbocycles. The lowest BCUT2D eigenvalue weighted by molar-refractivity contribution is 0.0692. The van der Waals surface area contributed by atoms with E-state index in [2.05, 4.69) is 10.3 Å². The third-order valence-corrected chi connectivity index (χ3v) is 4.83. The number of carbonyl (C=O) groups excluding carboxylic acids is 1. The van der Waals surface area contributed by atoms with Gasteiger partial charge in [0, 0.05) is 24.0 Å². The number of aryl methyl sites for hydroxylation is 1. The second-order valence-electron chi connectivity index (χ2n) is 5.28. The predicted molar refractivity (Wildman–Crippen MR) is 82.5 cm³/mol. The standard InChI is InChI=1S/C15H19N3O2S/c1-10-13(17-14(21-10)12-6-4-8-20-12)15(19)18-7-3-5-11(9-18)16-2/h4,6,8,11,16H,3,5,7,9H2,1-2H3. The normalized spacial score (nSPS) is 19.0. The second kappa shape index (κ2) is 5.99. The van der Waals surface area contributed by atoms with E-state index in [1.165, 1.54) is 11.3 Å². The van der Waals surface area contributed by atoms with Crippen LogP contribution in [0.5, 0.6) is 0 Å². The van der Waals surface area contributed by atoms with E-state index in [-0.39, 0.29) is 5.91 Å². The minimum atomic E-state index is 0.0292. The monoisotopic (exact) mass is 305 g/mol. The van der Waals surface area contributed by atoms with Crippen molar-refractivity contribution in [3.05, 3.63) is 29.0 Å². The van der Waals surface area contributed by atoms with Crippen LogP contribution >= 0.6 is 11.3 Å². The lowest BCUT2D eigenvalue weighted by atomic mass is 10.1. The smallest absolute Gasteiger partial charge is 0.273 e. The van der Waals surface area contributed by atoms with E-state index in [1.807, 2.05) is 31.0 Å². The van der Waals surface area contributed by atoms with Gasteiger partial charge in [0.1, 0.15) is 5.69 Å². The molecule has 1 amide bonds. The Bertz CT molecular complexity index is 621. The van der Waals surface area contributed by atoms with Crippen LogP contribution in [0.3, 0.4) is 0 Å². The van der Waals surface area contributed by atoms with Crippen molar-refractivity contribution >= 4 is 17.2 Å². The number of hydrogen-bond acceptors (Lipinski definition) is 5. The van der Waals surface area contributed by atoms with Gasteiger partial charge in [-0.2, -0.15) is 0 Å². The third-order valence-electron chi connectivity index (χ3n) is 3.85. The summed E-state index contributed by atoms with van der Waals surface area (Å²) >= 11 is 1.50. The molecule has 2 aromatic heterocycles. The molecular weight excluding hydrogens is 286 g/mol. The van der Waals surface area contributed by atoms with Gasteiger partial charge in [0.25, 0.3) is 5.91 Å². The maximum atomic E-state index is 12.7. The van der Waals surface area contributed by atoms with Crippen molar-refractivity contribution in [2.45, 2.75) is 25.8 Å². The van der Waals surface area contributed by atoms with Crippen LogP contribution in [0.2, 0.25) is 0 Å². The molecule has 0 spiro atoms. The molecule has 1 unspecified atom stereocenters. The highest BCUT2D eigenvalue weighted by Crippen LogP contribution is 2.29. The number of likely N-dealkylation sites (tertiary alicyclic amines) is 1. The van der Waals surface area contributed by atoms with Crippen LogP contribution in [0.15, 0.2) is 22.8 Å². The second-order valence-corrected chi connectivity index (χ2v) is 6.48. The Labute approximate surface area is 128 Å². The number of furan rings is 1. The summed E-state index contributed by atoms with van der Waals surface area (Å²) < 4.78 is 5.36. The highest BCUT2D eigenvalue weighted by atomic mass is 32.1. The predicted octanol–water partition coefficient (Wildman–Crippen LogP) is 2.54. The molecule has 0 aliphatic carbocycles. The first-order chi connectivity index (χ1) is 10.2. The SMILES string of the molecule is CNC1CCCN(C(=O)c2nc(-c3ccco3)sc2C)C1. The van der Waals surface area contributed by atoms with Crippen molar-refractivity contribution in [2.75, 3.05) is 20.1 Å². The van der Waals surface area contributed by atoms with Gasteiger partial charge in [0.05, 0.1) is 6.26 Å². The molecule has 6 heteroatoms. The van der Waals surface area contributed by atoms with Crippen molar-refractivity contribution in [3.63, 3.8) is 0 Å². The highest BCUT2D eigenvalue weighted by Gasteiger charge is 2.27. The molecule has 5 nitrogen and oxygen atoms in total. The maximum Gasteiger partial charge on any atom is 0.273 e. The number of rotatable bonds is 3. The summed E-state index contributed by atoms with van der Waals surface area (Å²) in [6.07, 6.45) is 3.77. The fourth-order valence-corrected chi connectivity index (χ4v) is 3.52. The maximum absolute atomic E-state index is 12.7. The minimum absolute atomic E-state index is 0.0292. The number of amides is 1. The molecule has 112 valence electrons. The van der Waals surface area contributed by atoms with Gasteiger partial charge < -0.3 is 14.6 Å². The van der Waals surface area contributed by atoms with Crippen LogP contribution < -0.4 is 5.32 Å². The molecule has 1 atom stereocenters. The average Bonchev–Trinajstić information content (AvgIpc) is 3.16. The summed E-state index contributed by atoms with van der Waals surface area (Å²) in [7, 11) is 1.95. The molecule has 1 saturated heterocycles. The van der Waals surface area contributed by atoms with E-state index < -0.39 is 0 Å². The number of aromatic nitrogens is 1. The van der Waals surface area contributed by atoms with Gasteiger partial charge in [-0.05, 0) is 38.9 Å². The Morgan fingerprint density at radius 2 is 2.43 bits per heavy atom. The Kier molecular flexibility index (Phi) is 4.07. The van der Waals surface area contributed by atoms with E-state index in [0.717, 1.165) is 35.8 Å². The van der Waals surface area contributed by atoms with E-state index in [4.69, 9.17) is 4.42 Å². The molecule has 0 aromatic carbocycles. The molecule has 0 bridgehead atoms. The van der Waals surface area contributed by atoms with Gasteiger partial charge in [-0.25, -0.2) is 4.98 Å². The minimum Gasteiger partial charge on any atom is -0.462 e. The molecule has 0 radical (unpaired) electrons. The molecule has 1 N–H and O–H groups in total. The van der Waals surface area contributed by atoms with Crippen LogP contribution in [0.25, 0.3) is 10.8 Å². The van der Waals surface area contributed by atoms with Crippen molar-refractivity contribution in [1.82, 2.24) is 15.2 Å². The van der Waals surface area contributed by atoms with Gasteiger partial charge in [-0.15, -0.1) is 11.3 Å². The quantitative estimate of drug-likeness (QED) is 0.946. The average molecular weight is 305 g/mol. The van der Waals surface area contributed by atoms with Gasteiger partial charge in [0.2, 0.25) is 0 Å². The lowest BCUT2D eigenvalue weighted by Gasteiger charge is -2.32. The molecule has 3 rings (SSSR count). The van der Waals surface area contributed by atoms with Gasteiger partial charge in [-0.3, -0.25) is 4.79 Å². The largest absolute Gasteiger partial charge is 0.462 e. The number of nitrogens with zero attached hydrogens (tertiary/aromatic N) is 2. The molecule has 1 aliphatic heterocycles. The Balaban J connectivity index is 1.81. The number of carbonyl (C=O) groups is 1. The number of thiazole rings is 1. The summed E-state index contributed by atoms with van der Waals surface area (Å²) in [5.41, 5.74) is 0.558. The van der Waals surface area contributed by atoms with Gasteiger partial charge in [0.15, 0.2) is 10.8 Å². The zero-order chi connectivity index (χ0) is 14.8. The summed E-state index contributed by atoms with van der Waals surface area (Å²) in [5.74, 6) is 0.746. The number of likely N-dealkylation sites (N-methyl/N-ethyl adjacent to an activating group) is 1. The molecule has 1 aliphatic rings. The first-order valence-electron chi connectivity index (χ1n) is 7.17. The van der Waals surface area contributed by atoms with Crippen molar-refractivity contribution in [3.8, 4) is 10.8 Å². The van der Waals surface area contributed by atoms with E-state index in [9.17, 15) is 4.79 Å². The lowest BCUT2D eigenvalue weighted by Crippen LogP contribution is -2.47. The summed E-state index contributed by atoms with van der Waals surface area (Å²) in [4.78, 5) is 20.0. The molecule has 1 fully saturated rings. The number of piperidine rings is 1. The molecule has 3 heterocycles.